The fourth-order valence-electron chi connectivity index (χ4n) is 4.76. The lowest BCUT2D eigenvalue weighted by molar-refractivity contribution is -0.129. The molecule has 1 aromatic carbocycles. The molecule has 5 nitrogen and oxygen atoms in total. The molecule has 38 heavy (non-hydrogen) atoms. The van der Waals surface area contributed by atoms with Crippen molar-refractivity contribution in [2.24, 2.45) is 16.8 Å². The highest BCUT2D eigenvalue weighted by atomic mass is 35.5. The number of fused-ring (bicyclic) bond motifs is 1. The second-order valence-electron chi connectivity index (χ2n) is 9.78. The van der Waals surface area contributed by atoms with Crippen molar-refractivity contribution in [1.29, 1.82) is 5.41 Å². The van der Waals surface area contributed by atoms with Crippen molar-refractivity contribution >= 4 is 41.4 Å². The van der Waals surface area contributed by atoms with Crippen LogP contribution in [0.5, 0.6) is 0 Å². The summed E-state index contributed by atoms with van der Waals surface area (Å²) < 4.78 is 33.3. The average Bonchev–Trinajstić information content (AvgIpc) is 3.32. The Balaban J connectivity index is 2.20. The van der Waals surface area contributed by atoms with E-state index in [4.69, 9.17) is 26.7 Å². The summed E-state index contributed by atoms with van der Waals surface area (Å²) in [6.45, 7) is 9.07. The minimum atomic E-state index is -1.03. The molecule has 1 aromatic rings. The average molecular weight is 564 g/mol. The van der Waals surface area contributed by atoms with Crippen molar-refractivity contribution in [2.45, 2.75) is 64.4 Å². The number of nitrogens with zero attached hydrogens (tertiary/aromatic N) is 2. The highest BCUT2D eigenvalue weighted by Gasteiger charge is 2.42. The van der Waals surface area contributed by atoms with Crippen molar-refractivity contribution in [3.8, 4) is 0 Å². The Morgan fingerprint density at radius 2 is 2.16 bits per heavy atom. The number of thioether (sulfide) groups is 1. The summed E-state index contributed by atoms with van der Waals surface area (Å²) in [5.41, 5.74) is 2.35. The Hall–Kier alpha value is -2.45. The minimum absolute atomic E-state index is 0.0167. The van der Waals surface area contributed by atoms with Crippen LogP contribution in [0.15, 0.2) is 58.1 Å². The third-order valence-electron chi connectivity index (χ3n) is 6.84. The molecule has 1 saturated heterocycles. The lowest BCUT2D eigenvalue weighted by Crippen LogP contribution is -2.42. The zero-order valence-electron chi connectivity index (χ0n) is 22.3. The Kier molecular flexibility index (Phi) is 11.2. The third-order valence-corrected chi connectivity index (χ3v) is 8.55. The first-order valence-electron chi connectivity index (χ1n) is 13.0. The number of hydrogen-bond donors (Lipinski definition) is 1. The maximum absolute atomic E-state index is 14.6. The van der Waals surface area contributed by atoms with Crippen LogP contribution in [-0.2, 0) is 9.53 Å². The SMILES string of the molecule is C/C=C\SC(C1=NC(c2ccc(Cl)c(F)c2)C(C(=N)/C=C\CC(C)F)=C2CC(COC=O)CN12)C(C)CC. The first kappa shape index (κ1) is 30.1. The number of carbonyl (C=O) groups excluding carboxylic acids is 1. The van der Waals surface area contributed by atoms with Gasteiger partial charge in [-0.2, -0.15) is 0 Å². The molecule has 0 aliphatic carbocycles. The molecule has 0 bridgehead atoms. The molecule has 5 atom stereocenters. The number of alkyl halides is 1. The number of carbonyl (C=O) groups is 1. The Labute approximate surface area is 233 Å². The van der Waals surface area contributed by atoms with E-state index in [1.54, 1.807) is 30.0 Å². The third kappa shape index (κ3) is 7.14. The van der Waals surface area contributed by atoms with Gasteiger partial charge < -0.3 is 15.0 Å². The second kappa shape index (κ2) is 14.1. The van der Waals surface area contributed by atoms with Crippen molar-refractivity contribution in [2.75, 3.05) is 13.2 Å². The number of aliphatic imine (C=N–C) groups is 1. The van der Waals surface area contributed by atoms with Gasteiger partial charge >= 0.3 is 0 Å². The smallest absolute Gasteiger partial charge is 0.293 e. The molecular formula is C29H36ClF2N3O2S. The van der Waals surface area contributed by atoms with Crippen LogP contribution >= 0.6 is 23.4 Å². The molecule has 5 unspecified atom stereocenters. The predicted octanol–water partition coefficient (Wildman–Crippen LogP) is 7.69. The number of ether oxygens (including phenoxy) is 1. The van der Waals surface area contributed by atoms with Crippen LogP contribution in [0.25, 0.3) is 0 Å². The Morgan fingerprint density at radius 1 is 1.39 bits per heavy atom. The van der Waals surface area contributed by atoms with Crippen LogP contribution < -0.4 is 0 Å². The van der Waals surface area contributed by atoms with Gasteiger partial charge in [0.15, 0.2) is 0 Å². The summed E-state index contributed by atoms with van der Waals surface area (Å²) in [7, 11) is 0. The number of benzene rings is 1. The number of hydrogen-bond acceptors (Lipinski definition) is 6. The zero-order chi connectivity index (χ0) is 27.8. The van der Waals surface area contributed by atoms with Gasteiger partial charge in [0.05, 0.1) is 22.6 Å². The van der Waals surface area contributed by atoms with Gasteiger partial charge in [-0.15, -0.1) is 11.8 Å². The van der Waals surface area contributed by atoms with Gasteiger partial charge in [-0.05, 0) is 61.8 Å². The molecule has 2 heterocycles. The minimum Gasteiger partial charge on any atom is -0.468 e. The maximum atomic E-state index is 14.6. The summed E-state index contributed by atoms with van der Waals surface area (Å²) in [6, 6.07) is 4.00. The van der Waals surface area contributed by atoms with Crippen molar-refractivity contribution < 1.29 is 18.3 Å². The summed E-state index contributed by atoms with van der Waals surface area (Å²) in [5.74, 6) is 0.620. The molecule has 3 rings (SSSR count). The number of nitrogens with one attached hydrogen (secondary N) is 1. The highest BCUT2D eigenvalue weighted by molar-refractivity contribution is 8.03. The van der Waals surface area contributed by atoms with Gasteiger partial charge in [0.25, 0.3) is 6.47 Å². The van der Waals surface area contributed by atoms with Crippen LogP contribution in [0, 0.1) is 23.1 Å². The predicted molar refractivity (Wildman–Crippen MR) is 153 cm³/mol. The quantitative estimate of drug-likeness (QED) is 0.197. The monoisotopic (exact) mass is 563 g/mol. The first-order chi connectivity index (χ1) is 18.2. The van der Waals surface area contributed by atoms with Gasteiger partial charge in [-0.25, -0.2) is 8.78 Å². The van der Waals surface area contributed by atoms with Gasteiger partial charge in [-0.1, -0.05) is 50.1 Å². The summed E-state index contributed by atoms with van der Waals surface area (Å²) in [6.07, 6.45) is 5.92. The molecular weight excluding hydrogens is 528 g/mol. The summed E-state index contributed by atoms with van der Waals surface area (Å²) in [4.78, 5) is 18.3. The van der Waals surface area contributed by atoms with Crippen molar-refractivity contribution in [3.63, 3.8) is 0 Å². The fraction of sp³-hybridized carbons (Fsp3) is 0.483. The van der Waals surface area contributed by atoms with Gasteiger partial charge in [0.2, 0.25) is 0 Å². The summed E-state index contributed by atoms with van der Waals surface area (Å²) in [5, 5.41) is 11.1. The van der Waals surface area contributed by atoms with Gasteiger partial charge in [0.1, 0.15) is 23.9 Å². The molecule has 1 fully saturated rings. The zero-order valence-corrected chi connectivity index (χ0v) is 23.9. The lowest BCUT2D eigenvalue weighted by atomic mass is 9.89. The normalized spacial score (nSPS) is 22.0. The number of allylic oxidation sites excluding steroid dienone is 4. The molecule has 9 heteroatoms. The lowest BCUT2D eigenvalue weighted by Gasteiger charge is -2.38. The van der Waals surface area contributed by atoms with Crippen molar-refractivity contribution in [3.05, 3.63) is 69.5 Å². The Bertz CT molecular complexity index is 1130. The van der Waals surface area contributed by atoms with E-state index in [1.807, 2.05) is 13.0 Å². The molecule has 0 radical (unpaired) electrons. The fourth-order valence-corrected chi connectivity index (χ4v) is 5.97. The Morgan fingerprint density at radius 3 is 2.79 bits per heavy atom. The topological polar surface area (TPSA) is 65.8 Å². The van der Waals surface area contributed by atoms with E-state index in [1.165, 1.54) is 19.1 Å². The van der Waals surface area contributed by atoms with Crippen LogP contribution in [0.3, 0.4) is 0 Å². The molecule has 0 spiro atoms. The van der Waals surface area contributed by atoms with Crippen molar-refractivity contribution in [1.82, 2.24) is 4.90 Å². The van der Waals surface area contributed by atoms with E-state index in [2.05, 4.69) is 24.2 Å². The molecule has 0 aromatic heterocycles. The van der Waals surface area contributed by atoms with E-state index in [0.29, 0.717) is 30.6 Å². The standard InChI is InChI=1S/C29H36ClF2N3O2S/c1-5-12-38-28(18(3)6-2)29-34-27(21-10-11-22(30)23(32)14-21)26(24(33)9-7-8-19(4)31)25-13-20(15-35(25)29)16-37-17-36/h5,7,9-12,14,17-20,27-28,33H,6,8,13,15-16H2,1-4H3/b9-7-,12-5-,33-24?. The van der Waals surface area contributed by atoms with Gasteiger partial charge in [-0.3, -0.25) is 9.79 Å². The molecule has 0 amide bonds. The first-order valence-corrected chi connectivity index (χ1v) is 14.3. The van der Waals surface area contributed by atoms with E-state index >= 15 is 0 Å². The van der Waals surface area contributed by atoms with Gasteiger partial charge in [0, 0.05) is 23.7 Å². The number of rotatable bonds is 13. The van der Waals surface area contributed by atoms with Crippen LogP contribution in [0.4, 0.5) is 8.78 Å². The second-order valence-corrected chi connectivity index (χ2v) is 11.2. The highest BCUT2D eigenvalue weighted by Crippen LogP contribution is 2.44. The van der Waals surface area contributed by atoms with E-state index in [0.717, 1.165) is 18.0 Å². The molecule has 206 valence electrons. The maximum Gasteiger partial charge on any atom is 0.293 e. The molecule has 1 N–H and O–H groups in total. The van der Waals surface area contributed by atoms with Crippen LogP contribution in [0.1, 0.15) is 58.6 Å². The summed E-state index contributed by atoms with van der Waals surface area (Å²) >= 11 is 7.69. The number of amidine groups is 1. The number of halogens is 3. The largest absolute Gasteiger partial charge is 0.468 e. The molecule has 0 saturated carbocycles. The van der Waals surface area contributed by atoms with E-state index in [9.17, 15) is 13.6 Å². The van der Waals surface area contributed by atoms with E-state index < -0.39 is 18.0 Å². The van der Waals surface area contributed by atoms with Crippen LogP contribution in [0.2, 0.25) is 5.02 Å². The molecule has 2 aliphatic heterocycles. The van der Waals surface area contributed by atoms with Crippen LogP contribution in [-0.4, -0.2) is 47.5 Å². The van der Waals surface area contributed by atoms with E-state index in [-0.39, 0.29) is 40.8 Å². The molecule has 2 aliphatic rings.